The molecule has 3 aliphatic heterocycles. The Morgan fingerprint density at radius 3 is 2.46 bits per heavy atom. The second-order valence-corrected chi connectivity index (χ2v) is 10.7. The molecule has 3 N–H and O–H groups in total. The summed E-state index contributed by atoms with van der Waals surface area (Å²) in [7, 11) is 0. The highest BCUT2D eigenvalue weighted by Gasteiger charge is 2.33. The van der Waals surface area contributed by atoms with Crippen molar-refractivity contribution in [1.29, 1.82) is 0 Å². The number of carbonyl (C=O) groups is 1. The molecular formula is C30H35F2N7O2. The molecule has 0 atom stereocenters. The number of halogens is 2. The molecule has 1 aromatic heterocycles. The molecule has 2 saturated heterocycles. The van der Waals surface area contributed by atoms with E-state index in [9.17, 15) is 9.18 Å². The second-order valence-electron chi connectivity index (χ2n) is 10.7. The summed E-state index contributed by atoms with van der Waals surface area (Å²) < 4.78 is 36.0. The molecule has 216 valence electrons. The van der Waals surface area contributed by atoms with Crippen molar-refractivity contribution >= 4 is 28.3 Å². The van der Waals surface area contributed by atoms with Crippen molar-refractivity contribution in [2.24, 2.45) is 4.99 Å². The van der Waals surface area contributed by atoms with Crippen LogP contribution in [0.1, 0.15) is 24.6 Å². The molecule has 3 aliphatic rings. The standard InChI is InChI=1S/C30H35F2N7O2/c1-3-37-11-13-38(14-12-37)17-20-5-7-21(8-6-20)36-28-25(30(40)39-9-4-10-39)29(34-18-33-28)41-24-16-23(31)27-22(26(24)32)15-19(2)35-27/h5-8,15-16,34-35H,3-4,9-14,17-18H2,1-2H3,(H,33,36). The van der Waals surface area contributed by atoms with Crippen LogP contribution in [0.25, 0.3) is 10.9 Å². The first-order chi connectivity index (χ1) is 19.9. The van der Waals surface area contributed by atoms with Gasteiger partial charge >= 0.3 is 0 Å². The van der Waals surface area contributed by atoms with Crippen LogP contribution < -0.4 is 15.4 Å². The molecule has 9 nitrogen and oxygen atoms in total. The third-order valence-corrected chi connectivity index (χ3v) is 7.95. The number of amides is 1. The van der Waals surface area contributed by atoms with Crippen molar-refractivity contribution in [3.63, 3.8) is 0 Å². The number of hydrogen-bond acceptors (Lipinski definition) is 7. The highest BCUT2D eigenvalue weighted by atomic mass is 19.1. The maximum atomic E-state index is 15.4. The Balaban J connectivity index is 1.23. The Labute approximate surface area is 237 Å². The van der Waals surface area contributed by atoms with Crippen LogP contribution in [-0.2, 0) is 11.3 Å². The maximum absolute atomic E-state index is 15.4. The number of carbonyl (C=O) groups excluding carboxylic acids is 1. The molecule has 0 saturated carbocycles. The van der Waals surface area contributed by atoms with E-state index in [1.165, 1.54) is 11.6 Å². The lowest BCUT2D eigenvalue weighted by Gasteiger charge is -2.34. The van der Waals surface area contributed by atoms with Crippen LogP contribution in [0.2, 0.25) is 0 Å². The van der Waals surface area contributed by atoms with Gasteiger partial charge < -0.3 is 30.2 Å². The number of H-pyrrole nitrogens is 1. The number of hydrogen-bond donors (Lipinski definition) is 3. The lowest BCUT2D eigenvalue weighted by atomic mass is 10.1. The molecule has 2 fully saturated rings. The SMILES string of the molecule is CCN1CCN(Cc2ccc(NC3=NCNC(Oc4cc(F)c5[nH]c(C)cc5c4F)=C3C(=O)N3CCC3)cc2)CC1. The number of fused-ring (bicyclic) bond motifs is 1. The summed E-state index contributed by atoms with van der Waals surface area (Å²) in [5.41, 5.74) is 2.82. The summed E-state index contributed by atoms with van der Waals surface area (Å²) in [6.07, 6.45) is 0.904. The average Bonchev–Trinajstić information content (AvgIpc) is 3.35. The van der Waals surface area contributed by atoms with Crippen molar-refractivity contribution in [3.05, 3.63) is 70.7 Å². The number of aryl methyl sites for hydroxylation is 1. The minimum Gasteiger partial charge on any atom is -0.437 e. The Kier molecular flexibility index (Phi) is 7.63. The number of nitrogens with zero attached hydrogens (tertiary/aromatic N) is 4. The quantitative estimate of drug-likeness (QED) is 0.406. The van der Waals surface area contributed by atoms with E-state index >= 15 is 4.39 Å². The maximum Gasteiger partial charge on any atom is 0.263 e. The van der Waals surface area contributed by atoms with Crippen LogP contribution in [0.3, 0.4) is 0 Å². The lowest BCUT2D eigenvalue weighted by molar-refractivity contribution is -0.130. The van der Waals surface area contributed by atoms with E-state index in [-0.39, 0.29) is 40.7 Å². The van der Waals surface area contributed by atoms with Gasteiger partial charge in [0.2, 0.25) is 5.88 Å². The van der Waals surface area contributed by atoms with Gasteiger partial charge in [0.25, 0.3) is 5.91 Å². The third-order valence-electron chi connectivity index (χ3n) is 7.95. The number of aromatic amines is 1. The average molecular weight is 564 g/mol. The highest BCUT2D eigenvalue weighted by Crippen LogP contribution is 2.31. The number of piperazine rings is 1. The molecule has 2 aromatic carbocycles. The van der Waals surface area contributed by atoms with Gasteiger partial charge in [-0.05, 0) is 43.7 Å². The number of aliphatic imine (C=N–C) groups is 1. The summed E-state index contributed by atoms with van der Waals surface area (Å²) in [5, 5.41) is 6.31. The van der Waals surface area contributed by atoms with Crippen molar-refractivity contribution in [2.75, 3.05) is 57.8 Å². The molecule has 6 rings (SSSR count). The van der Waals surface area contributed by atoms with Gasteiger partial charge in [-0.15, -0.1) is 0 Å². The molecule has 11 heteroatoms. The zero-order valence-corrected chi connectivity index (χ0v) is 23.4. The van der Waals surface area contributed by atoms with Gasteiger partial charge in [0, 0.05) is 68.6 Å². The molecule has 41 heavy (non-hydrogen) atoms. The number of benzene rings is 2. The summed E-state index contributed by atoms with van der Waals surface area (Å²) in [4.78, 5) is 27.4. The van der Waals surface area contributed by atoms with E-state index in [4.69, 9.17) is 4.74 Å². The van der Waals surface area contributed by atoms with Gasteiger partial charge in [-0.2, -0.15) is 0 Å². The smallest absolute Gasteiger partial charge is 0.263 e. The van der Waals surface area contributed by atoms with Gasteiger partial charge in [-0.1, -0.05) is 19.1 Å². The van der Waals surface area contributed by atoms with E-state index in [1.807, 2.05) is 12.1 Å². The van der Waals surface area contributed by atoms with E-state index in [0.717, 1.165) is 57.4 Å². The molecule has 1 amide bonds. The van der Waals surface area contributed by atoms with Gasteiger partial charge in [-0.3, -0.25) is 9.69 Å². The minimum absolute atomic E-state index is 0.0344. The van der Waals surface area contributed by atoms with E-state index in [1.54, 1.807) is 11.8 Å². The first kappa shape index (κ1) is 27.2. The zero-order chi connectivity index (χ0) is 28.5. The molecular weight excluding hydrogens is 528 g/mol. The number of nitrogens with one attached hydrogen (secondary N) is 3. The van der Waals surface area contributed by atoms with E-state index in [2.05, 4.69) is 49.5 Å². The first-order valence-corrected chi connectivity index (χ1v) is 14.2. The largest absolute Gasteiger partial charge is 0.437 e. The van der Waals surface area contributed by atoms with Crippen LogP contribution in [0.4, 0.5) is 14.5 Å². The third kappa shape index (κ3) is 5.64. The fourth-order valence-corrected chi connectivity index (χ4v) is 5.40. The zero-order valence-electron chi connectivity index (χ0n) is 23.4. The summed E-state index contributed by atoms with van der Waals surface area (Å²) in [6.45, 7) is 11.5. The van der Waals surface area contributed by atoms with Gasteiger partial charge in [-0.25, -0.2) is 13.8 Å². The summed E-state index contributed by atoms with van der Waals surface area (Å²) in [6, 6.07) is 10.6. The topological polar surface area (TPSA) is 88.2 Å². The molecule has 0 radical (unpaired) electrons. The van der Waals surface area contributed by atoms with Crippen molar-refractivity contribution in [1.82, 2.24) is 25.0 Å². The minimum atomic E-state index is -0.709. The Bertz CT molecular complexity index is 1500. The molecule has 3 aromatic rings. The Morgan fingerprint density at radius 2 is 1.78 bits per heavy atom. The van der Waals surface area contributed by atoms with E-state index in [0.29, 0.717) is 24.6 Å². The summed E-state index contributed by atoms with van der Waals surface area (Å²) >= 11 is 0. The van der Waals surface area contributed by atoms with Crippen molar-refractivity contribution < 1.29 is 18.3 Å². The molecule has 0 spiro atoms. The first-order valence-electron chi connectivity index (χ1n) is 14.2. The normalized spacial score (nSPS) is 18.2. The number of likely N-dealkylation sites (tertiary alicyclic amines) is 1. The number of anilines is 1. The fourth-order valence-electron chi connectivity index (χ4n) is 5.40. The monoisotopic (exact) mass is 563 g/mol. The molecule has 0 bridgehead atoms. The molecule has 4 heterocycles. The van der Waals surface area contributed by atoms with Crippen LogP contribution in [0.15, 0.2) is 52.8 Å². The second kappa shape index (κ2) is 11.5. The van der Waals surface area contributed by atoms with Crippen molar-refractivity contribution in [2.45, 2.75) is 26.8 Å². The van der Waals surface area contributed by atoms with Crippen molar-refractivity contribution in [3.8, 4) is 5.75 Å². The number of aromatic nitrogens is 1. The van der Waals surface area contributed by atoms with Crippen LogP contribution >= 0.6 is 0 Å². The van der Waals surface area contributed by atoms with Crippen LogP contribution in [-0.4, -0.2) is 83.9 Å². The summed E-state index contributed by atoms with van der Waals surface area (Å²) in [5.74, 6) is -1.59. The van der Waals surface area contributed by atoms with E-state index < -0.39 is 11.6 Å². The number of likely N-dealkylation sites (N-methyl/N-ethyl adjacent to an activating group) is 1. The molecule has 0 aliphatic carbocycles. The Hall–Kier alpha value is -3.96. The predicted molar refractivity (Wildman–Crippen MR) is 155 cm³/mol. The van der Waals surface area contributed by atoms with Gasteiger partial charge in [0.1, 0.15) is 18.1 Å². The highest BCUT2D eigenvalue weighted by molar-refractivity contribution is 6.25. The number of amidine groups is 1. The van der Waals surface area contributed by atoms with Crippen LogP contribution in [0.5, 0.6) is 5.75 Å². The fraction of sp³-hybridized carbons (Fsp3) is 0.400. The predicted octanol–water partition coefficient (Wildman–Crippen LogP) is 3.79. The molecule has 0 unspecified atom stereocenters. The van der Waals surface area contributed by atoms with Gasteiger partial charge in [0.15, 0.2) is 17.4 Å². The van der Waals surface area contributed by atoms with Gasteiger partial charge in [0.05, 0.1) is 5.52 Å². The lowest BCUT2D eigenvalue weighted by Crippen LogP contribution is -2.47. The number of rotatable bonds is 7. The number of ether oxygens (including phenoxy) is 1. The van der Waals surface area contributed by atoms with Crippen LogP contribution in [0, 0.1) is 18.6 Å². The Morgan fingerprint density at radius 1 is 1.05 bits per heavy atom.